The van der Waals surface area contributed by atoms with E-state index in [0.717, 1.165) is 19.5 Å². The summed E-state index contributed by atoms with van der Waals surface area (Å²) in [5.41, 5.74) is 0. The van der Waals surface area contributed by atoms with Crippen LogP contribution in [0.15, 0.2) is 0 Å². The Labute approximate surface area is 108 Å². The topological polar surface area (TPSA) is 61.9 Å². The Morgan fingerprint density at radius 2 is 1.94 bits per heavy atom. The fraction of sp³-hybridized carbons (Fsp3) is 1.00. The van der Waals surface area contributed by atoms with Gasteiger partial charge >= 0.3 is 0 Å². The van der Waals surface area contributed by atoms with E-state index < -0.39 is 10.2 Å². The molecule has 104 valence electrons. The Hall–Kier alpha value is -0.210. The van der Waals surface area contributed by atoms with Gasteiger partial charge in [-0.1, -0.05) is 0 Å². The largest absolute Gasteiger partial charge is 0.379 e. The predicted octanol–water partition coefficient (Wildman–Crippen LogP) is -0.754. The summed E-state index contributed by atoms with van der Waals surface area (Å²) in [4.78, 5) is 0. The number of ether oxygens (including phenoxy) is 1. The standard InChI is InChI=1S/C11H21N3O3S/c1-9-6-10-7-12-8-11(10)14(9)18(15,16)13-2-4-17-5-3-13/h9-12H,2-8H2,1H3. The molecular formula is C11H21N3O3S. The Kier molecular flexibility index (Phi) is 3.36. The molecule has 3 rings (SSSR count). The first-order chi connectivity index (χ1) is 8.60. The minimum absolute atomic E-state index is 0.120. The third-order valence-electron chi connectivity index (χ3n) is 4.27. The molecule has 0 aliphatic carbocycles. The molecule has 3 aliphatic rings. The van der Waals surface area contributed by atoms with Gasteiger partial charge in [0.2, 0.25) is 0 Å². The van der Waals surface area contributed by atoms with Gasteiger partial charge in [0.1, 0.15) is 0 Å². The molecule has 3 saturated heterocycles. The third-order valence-corrected chi connectivity index (χ3v) is 6.45. The SMILES string of the molecule is CC1CC2CNCC2N1S(=O)(=O)N1CCOCC1. The molecule has 3 fully saturated rings. The van der Waals surface area contributed by atoms with Crippen molar-refractivity contribution in [2.24, 2.45) is 5.92 Å². The first-order valence-corrected chi connectivity index (χ1v) is 8.07. The Morgan fingerprint density at radius 3 is 2.67 bits per heavy atom. The highest BCUT2D eigenvalue weighted by atomic mass is 32.2. The lowest BCUT2D eigenvalue weighted by molar-refractivity contribution is 0.0692. The van der Waals surface area contributed by atoms with E-state index in [1.54, 1.807) is 8.61 Å². The fourth-order valence-electron chi connectivity index (χ4n) is 3.44. The summed E-state index contributed by atoms with van der Waals surface area (Å²) in [7, 11) is -3.32. The summed E-state index contributed by atoms with van der Waals surface area (Å²) in [5.74, 6) is 0.482. The van der Waals surface area contributed by atoms with E-state index in [4.69, 9.17) is 4.74 Å². The summed E-state index contributed by atoms with van der Waals surface area (Å²) < 4.78 is 34.0. The van der Waals surface area contributed by atoms with Gasteiger partial charge in [-0.15, -0.1) is 0 Å². The molecule has 1 N–H and O–H groups in total. The van der Waals surface area contributed by atoms with Crippen molar-refractivity contribution in [3.05, 3.63) is 0 Å². The van der Waals surface area contributed by atoms with Crippen molar-refractivity contribution in [2.75, 3.05) is 39.4 Å². The maximum absolute atomic E-state index is 12.7. The molecular weight excluding hydrogens is 254 g/mol. The Morgan fingerprint density at radius 1 is 1.22 bits per heavy atom. The fourth-order valence-corrected chi connectivity index (χ4v) is 5.44. The molecule has 0 aromatic heterocycles. The van der Waals surface area contributed by atoms with Crippen molar-refractivity contribution < 1.29 is 13.2 Å². The van der Waals surface area contributed by atoms with E-state index >= 15 is 0 Å². The van der Waals surface area contributed by atoms with Crippen LogP contribution in [-0.2, 0) is 14.9 Å². The Balaban J connectivity index is 1.83. The molecule has 0 aromatic rings. The molecule has 3 aliphatic heterocycles. The van der Waals surface area contributed by atoms with E-state index in [1.165, 1.54) is 0 Å². The second-order valence-electron chi connectivity index (χ2n) is 5.42. The quantitative estimate of drug-likeness (QED) is 0.720. The van der Waals surface area contributed by atoms with Gasteiger partial charge in [0.15, 0.2) is 0 Å². The number of nitrogens with one attached hydrogen (secondary N) is 1. The van der Waals surface area contributed by atoms with E-state index in [-0.39, 0.29) is 12.1 Å². The van der Waals surface area contributed by atoms with Crippen molar-refractivity contribution in [1.29, 1.82) is 0 Å². The molecule has 0 saturated carbocycles. The minimum atomic E-state index is -3.32. The van der Waals surface area contributed by atoms with Crippen LogP contribution in [-0.4, -0.2) is 68.5 Å². The first-order valence-electron chi connectivity index (χ1n) is 6.68. The summed E-state index contributed by atoms with van der Waals surface area (Å²) in [6, 6.07) is 0.266. The summed E-state index contributed by atoms with van der Waals surface area (Å²) in [6.07, 6.45) is 0.973. The van der Waals surface area contributed by atoms with E-state index in [9.17, 15) is 8.42 Å². The van der Waals surface area contributed by atoms with E-state index in [0.29, 0.717) is 32.2 Å². The Bertz CT molecular complexity index is 408. The van der Waals surface area contributed by atoms with Gasteiger partial charge in [-0.05, 0) is 25.8 Å². The summed E-state index contributed by atoms with van der Waals surface area (Å²) >= 11 is 0. The molecule has 0 radical (unpaired) electrons. The van der Waals surface area contributed by atoms with Gasteiger partial charge in [-0.3, -0.25) is 0 Å². The monoisotopic (exact) mass is 275 g/mol. The van der Waals surface area contributed by atoms with Crippen LogP contribution in [0.3, 0.4) is 0 Å². The molecule has 3 unspecified atom stereocenters. The minimum Gasteiger partial charge on any atom is -0.379 e. The van der Waals surface area contributed by atoms with Crippen LogP contribution in [0.5, 0.6) is 0 Å². The highest BCUT2D eigenvalue weighted by molar-refractivity contribution is 7.86. The number of rotatable bonds is 2. The predicted molar refractivity (Wildman–Crippen MR) is 67.4 cm³/mol. The summed E-state index contributed by atoms with van der Waals surface area (Å²) in [6.45, 7) is 5.74. The van der Waals surface area contributed by atoms with Crippen molar-refractivity contribution in [1.82, 2.24) is 13.9 Å². The number of fused-ring (bicyclic) bond motifs is 1. The molecule has 0 bridgehead atoms. The zero-order chi connectivity index (χ0) is 12.8. The average molecular weight is 275 g/mol. The zero-order valence-corrected chi connectivity index (χ0v) is 11.5. The number of hydrogen-bond donors (Lipinski definition) is 1. The highest BCUT2D eigenvalue weighted by Crippen LogP contribution is 2.35. The second kappa shape index (κ2) is 4.72. The maximum Gasteiger partial charge on any atom is 0.282 e. The van der Waals surface area contributed by atoms with Gasteiger partial charge < -0.3 is 10.1 Å². The lowest BCUT2D eigenvalue weighted by atomic mass is 10.0. The number of morpholine rings is 1. The van der Waals surface area contributed by atoms with Crippen LogP contribution in [0, 0.1) is 5.92 Å². The second-order valence-corrected chi connectivity index (χ2v) is 7.25. The molecule has 6 nitrogen and oxygen atoms in total. The van der Waals surface area contributed by atoms with Crippen LogP contribution < -0.4 is 5.32 Å². The highest BCUT2D eigenvalue weighted by Gasteiger charge is 2.49. The smallest absolute Gasteiger partial charge is 0.282 e. The molecule has 7 heteroatoms. The average Bonchev–Trinajstić information content (AvgIpc) is 2.89. The van der Waals surface area contributed by atoms with Crippen LogP contribution >= 0.6 is 0 Å². The van der Waals surface area contributed by atoms with Gasteiger partial charge in [0, 0.05) is 31.7 Å². The van der Waals surface area contributed by atoms with Crippen LogP contribution in [0.1, 0.15) is 13.3 Å². The number of hydrogen-bond acceptors (Lipinski definition) is 4. The van der Waals surface area contributed by atoms with Crippen molar-refractivity contribution in [2.45, 2.75) is 25.4 Å². The van der Waals surface area contributed by atoms with Crippen LogP contribution in [0.2, 0.25) is 0 Å². The van der Waals surface area contributed by atoms with Crippen molar-refractivity contribution in [3.8, 4) is 0 Å². The zero-order valence-electron chi connectivity index (χ0n) is 10.7. The number of nitrogens with zero attached hydrogens (tertiary/aromatic N) is 2. The molecule has 0 amide bonds. The molecule has 3 heterocycles. The first kappa shape index (κ1) is 12.8. The van der Waals surface area contributed by atoms with Gasteiger partial charge in [-0.2, -0.15) is 17.0 Å². The van der Waals surface area contributed by atoms with E-state index in [1.807, 2.05) is 6.92 Å². The van der Waals surface area contributed by atoms with Crippen LogP contribution in [0.25, 0.3) is 0 Å². The molecule has 18 heavy (non-hydrogen) atoms. The third kappa shape index (κ3) is 1.98. The molecule has 3 atom stereocenters. The van der Waals surface area contributed by atoms with Gasteiger partial charge in [-0.25, -0.2) is 0 Å². The van der Waals surface area contributed by atoms with E-state index in [2.05, 4.69) is 5.32 Å². The van der Waals surface area contributed by atoms with Gasteiger partial charge in [0.25, 0.3) is 10.2 Å². The molecule has 0 spiro atoms. The lowest BCUT2D eigenvalue weighted by Gasteiger charge is -2.34. The molecule has 0 aromatic carbocycles. The van der Waals surface area contributed by atoms with Crippen molar-refractivity contribution in [3.63, 3.8) is 0 Å². The normalized spacial score (nSPS) is 39.1. The van der Waals surface area contributed by atoms with Crippen LogP contribution in [0.4, 0.5) is 0 Å². The lowest BCUT2D eigenvalue weighted by Crippen LogP contribution is -2.53. The summed E-state index contributed by atoms with van der Waals surface area (Å²) in [5, 5.41) is 3.30. The maximum atomic E-state index is 12.7. The van der Waals surface area contributed by atoms with Crippen molar-refractivity contribution >= 4 is 10.2 Å². The van der Waals surface area contributed by atoms with Gasteiger partial charge in [0.05, 0.1) is 13.2 Å².